The average molecular weight is 797 g/mol. The molecule has 21 unspecified atom stereocenters. The second kappa shape index (κ2) is 14.2. The molecular formula is C42H68O14. The van der Waals surface area contributed by atoms with E-state index in [9.17, 15) is 46.0 Å². The lowest BCUT2D eigenvalue weighted by Crippen LogP contribution is -2.69. The summed E-state index contributed by atoms with van der Waals surface area (Å²) >= 11 is 0. The summed E-state index contributed by atoms with van der Waals surface area (Å²) in [5.74, 6) is -1.14. The van der Waals surface area contributed by atoms with E-state index in [1.807, 2.05) is 6.92 Å². The number of allylic oxidation sites excluding steroid dienone is 1. The molecule has 7 rings (SSSR count). The van der Waals surface area contributed by atoms with Crippen molar-refractivity contribution >= 4 is 5.97 Å². The van der Waals surface area contributed by atoms with E-state index in [4.69, 9.17) is 18.9 Å². The van der Waals surface area contributed by atoms with Crippen molar-refractivity contribution in [2.24, 2.45) is 50.7 Å². The SMILES string of the molecule is CC1OC(OC2C(OC(=O)C34CCC(C)C(C)(O)C3C3=CCC5C6(C)CC(O)C(O)C(C)(C)C6CCC5(C)C3(C)CC4)OC(CO)C(O)C2O)C(O)C(O)C1O. The molecule has 5 aliphatic carbocycles. The Kier molecular flexibility index (Phi) is 10.8. The second-order valence-electron chi connectivity index (χ2n) is 20.5. The highest BCUT2D eigenvalue weighted by molar-refractivity contribution is 5.79. The van der Waals surface area contributed by atoms with E-state index in [2.05, 4.69) is 40.7 Å². The van der Waals surface area contributed by atoms with Crippen LogP contribution in [0.3, 0.4) is 0 Å². The molecular weight excluding hydrogens is 728 g/mol. The van der Waals surface area contributed by atoms with E-state index >= 15 is 4.79 Å². The molecule has 56 heavy (non-hydrogen) atoms. The molecule has 0 spiro atoms. The zero-order valence-electron chi connectivity index (χ0n) is 34.2. The number of rotatable bonds is 5. The highest BCUT2D eigenvalue weighted by Gasteiger charge is 2.72. The van der Waals surface area contributed by atoms with E-state index < -0.39 is 114 Å². The van der Waals surface area contributed by atoms with Crippen LogP contribution in [-0.2, 0) is 23.7 Å². The maximum Gasteiger partial charge on any atom is 0.315 e. The van der Waals surface area contributed by atoms with E-state index in [1.165, 1.54) is 6.92 Å². The first kappa shape index (κ1) is 42.8. The number of aliphatic hydroxyl groups excluding tert-OH is 8. The minimum Gasteiger partial charge on any atom is -0.432 e. The van der Waals surface area contributed by atoms with Gasteiger partial charge in [0.2, 0.25) is 6.29 Å². The molecule has 0 radical (unpaired) electrons. The van der Waals surface area contributed by atoms with Crippen LogP contribution in [0.5, 0.6) is 0 Å². The highest BCUT2D eigenvalue weighted by Crippen LogP contribution is 2.76. The molecule has 0 bridgehead atoms. The van der Waals surface area contributed by atoms with Gasteiger partial charge in [-0.15, -0.1) is 0 Å². The molecule has 14 heteroatoms. The maximum absolute atomic E-state index is 15.1. The first-order valence-corrected chi connectivity index (χ1v) is 20.9. The Morgan fingerprint density at radius 3 is 2.14 bits per heavy atom. The fourth-order valence-corrected chi connectivity index (χ4v) is 13.8. The number of esters is 1. The highest BCUT2D eigenvalue weighted by atomic mass is 16.8. The topological polar surface area (TPSA) is 236 Å². The Labute approximate surface area is 330 Å². The molecule has 6 fully saturated rings. The first-order valence-electron chi connectivity index (χ1n) is 20.9. The fraction of sp³-hybridized carbons (Fsp3) is 0.929. The molecule has 2 saturated heterocycles. The predicted molar refractivity (Wildman–Crippen MR) is 199 cm³/mol. The van der Waals surface area contributed by atoms with E-state index in [-0.39, 0.29) is 28.6 Å². The van der Waals surface area contributed by atoms with Crippen molar-refractivity contribution in [3.8, 4) is 0 Å². The summed E-state index contributed by atoms with van der Waals surface area (Å²) in [4.78, 5) is 15.1. The molecule has 320 valence electrons. The summed E-state index contributed by atoms with van der Waals surface area (Å²) in [6.07, 6.45) is -10.1. The van der Waals surface area contributed by atoms with Gasteiger partial charge >= 0.3 is 5.97 Å². The maximum atomic E-state index is 15.1. The Hall–Kier alpha value is -1.27. The van der Waals surface area contributed by atoms with Gasteiger partial charge in [-0.05, 0) is 105 Å². The summed E-state index contributed by atoms with van der Waals surface area (Å²) in [6.45, 7) is 15.6. The Balaban J connectivity index is 1.24. The normalized spacial score (nSPS) is 56.8. The van der Waals surface area contributed by atoms with Gasteiger partial charge in [-0.1, -0.05) is 53.2 Å². The van der Waals surface area contributed by atoms with Gasteiger partial charge in [0.1, 0.15) is 36.6 Å². The van der Waals surface area contributed by atoms with Crippen LogP contribution in [-0.4, -0.2) is 138 Å². The lowest BCUT2D eigenvalue weighted by Gasteiger charge is -2.72. The van der Waals surface area contributed by atoms with Crippen LogP contribution >= 0.6 is 0 Å². The van der Waals surface area contributed by atoms with Crippen molar-refractivity contribution in [2.75, 3.05) is 6.61 Å². The molecule has 7 aliphatic rings. The number of hydrogen-bond acceptors (Lipinski definition) is 14. The molecule has 0 aromatic carbocycles. The van der Waals surface area contributed by atoms with Crippen molar-refractivity contribution in [3.05, 3.63) is 11.6 Å². The molecule has 0 aromatic rings. The van der Waals surface area contributed by atoms with Crippen molar-refractivity contribution in [3.63, 3.8) is 0 Å². The van der Waals surface area contributed by atoms with Gasteiger partial charge in [-0.25, -0.2) is 0 Å². The monoisotopic (exact) mass is 796 g/mol. The molecule has 21 atom stereocenters. The molecule has 0 amide bonds. The largest absolute Gasteiger partial charge is 0.432 e. The third-order valence-corrected chi connectivity index (χ3v) is 17.6. The van der Waals surface area contributed by atoms with Crippen molar-refractivity contribution in [2.45, 2.75) is 186 Å². The number of carbonyl (C=O) groups excluding carboxylic acids is 1. The molecule has 2 heterocycles. The van der Waals surface area contributed by atoms with Crippen LogP contribution in [0.25, 0.3) is 0 Å². The molecule has 4 saturated carbocycles. The summed E-state index contributed by atoms with van der Waals surface area (Å²) in [7, 11) is 0. The fourth-order valence-electron chi connectivity index (χ4n) is 13.8. The minimum atomic E-state index is -1.79. The summed E-state index contributed by atoms with van der Waals surface area (Å²) < 4.78 is 23.7. The summed E-state index contributed by atoms with van der Waals surface area (Å²) in [6, 6.07) is 0. The van der Waals surface area contributed by atoms with Crippen molar-refractivity contribution in [1.82, 2.24) is 0 Å². The van der Waals surface area contributed by atoms with E-state index in [0.717, 1.165) is 18.4 Å². The number of fused-ring (bicyclic) bond motifs is 7. The number of aliphatic hydroxyl groups is 9. The van der Waals surface area contributed by atoms with Crippen LogP contribution in [0.4, 0.5) is 0 Å². The van der Waals surface area contributed by atoms with Crippen LogP contribution in [0.2, 0.25) is 0 Å². The Morgan fingerprint density at radius 2 is 1.48 bits per heavy atom. The zero-order chi connectivity index (χ0) is 41.3. The van der Waals surface area contributed by atoms with Crippen LogP contribution in [0.1, 0.15) is 107 Å². The third-order valence-electron chi connectivity index (χ3n) is 17.6. The van der Waals surface area contributed by atoms with Gasteiger partial charge in [-0.2, -0.15) is 0 Å². The molecule has 14 nitrogen and oxygen atoms in total. The number of carbonyl (C=O) groups is 1. The number of ether oxygens (including phenoxy) is 4. The van der Waals surface area contributed by atoms with Crippen molar-refractivity contribution < 1.29 is 69.7 Å². The van der Waals surface area contributed by atoms with Gasteiger partial charge < -0.3 is 64.9 Å². The van der Waals surface area contributed by atoms with Crippen molar-refractivity contribution in [1.29, 1.82) is 0 Å². The van der Waals surface area contributed by atoms with Crippen LogP contribution in [0.15, 0.2) is 11.6 Å². The van der Waals surface area contributed by atoms with Crippen LogP contribution < -0.4 is 0 Å². The average Bonchev–Trinajstić information content (AvgIpc) is 3.13. The molecule has 2 aliphatic heterocycles. The quantitative estimate of drug-likeness (QED) is 0.141. The molecule has 9 N–H and O–H groups in total. The number of hydrogen-bond donors (Lipinski definition) is 9. The minimum absolute atomic E-state index is 0.169. The van der Waals surface area contributed by atoms with Gasteiger partial charge in [0.05, 0.1) is 35.9 Å². The first-order chi connectivity index (χ1) is 25.9. The van der Waals surface area contributed by atoms with E-state index in [1.54, 1.807) is 6.92 Å². The smallest absolute Gasteiger partial charge is 0.315 e. The van der Waals surface area contributed by atoms with E-state index in [0.29, 0.717) is 38.5 Å². The lowest BCUT2D eigenvalue weighted by molar-refractivity contribution is -0.361. The summed E-state index contributed by atoms with van der Waals surface area (Å²) in [5, 5.41) is 98.6. The predicted octanol–water partition coefficient (Wildman–Crippen LogP) is 1.29. The Bertz CT molecular complexity index is 1540. The lowest BCUT2D eigenvalue weighted by atomic mass is 9.33. The van der Waals surface area contributed by atoms with Crippen LogP contribution in [0, 0.1) is 50.7 Å². The second-order valence-corrected chi connectivity index (χ2v) is 20.5. The van der Waals surface area contributed by atoms with Gasteiger partial charge in [0.25, 0.3) is 0 Å². The molecule has 0 aromatic heterocycles. The standard InChI is InChI=1S/C42H68O14/c1-19-11-14-42(36(51)56-35-31(29(48)27(46)23(18-43)54-35)55-34-30(49)28(47)26(45)20(2)53-34)16-15-39(6)21(32(42)41(19,8)52)9-10-25-38(5)17-22(44)33(50)37(3,4)24(38)12-13-40(25,39)7/h9,19-20,22-35,43-50,52H,10-18H2,1-8H3. The summed E-state index contributed by atoms with van der Waals surface area (Å²) in [5.41, 5.74) is -2.97. The zero-order valence-corrected chi connectivity index (χ0v) is 34.2. The Morgan fingerprint density at radius 1 is 0.804 bits per heavy atom. The van der Waals surface area contributed by atoms with Gasteiger partial charge in [-0.3, -0.25) is 4.79 Å². The third kappa shape index (κ3) is 5.89. The van der Waals surface area contributed by atoms with Gasteiger partial charge in [0, 0.05) is 5.92 Å². The van der Waals surface area contributed by atoms with Gasteiger partial charge in [0.15, 0.2) is 12.4 Å².